The first kappa shape index (κ1) is 18.9. The summed E-state index contributed by atoms with van der Waals surface area (Å²) in [4.78, 5) is 20.1. The zero-order valence-corrected chi connectivity index (χ0v) is 16.7. The van der Waals surface area contributed by atoms with Gasteiger partial charge in [0.05, 0.1) is 23.1 Å². The number of aliphatic hydroxyl groups is 1. The van der Waals surface area contributed by atoms with Crippen LogP contribution in [0.2, 0.25) is 0 Å². The Labute approximate surface area is 168 Å². The quantitative estimate of drug-likeness (QED) is 0.701. The van der Waals surface area contributed by atoms with Crippen molar-refractivity contribution in [3.8, 4) is 10.8 Å². The highest BCUT2D eigenvalue weighted by Crippen LogP contribution is 2.31. The van der Waals surface area contributed by atoms with Crippen LogP contribution in [-0.4, -0.2) is 34.0 Å². The highest BCUT2D eigenvalue weighted by Gasteiger charge is 2.29. The number of carbonyl (C=O) groups is 1. The fourth-order valence-electron chi connectivity index (χ4n) is 3.74. The van der Waals surface area contributed by atoms with Crippen molar-refractivity contribution in [1.82, 2.24) is 9.88 Å². The Balaban J connectivity index is 1.35. The van der Waals surface area contributed by atoms with Gasteiger partial charge in [-0.15, -0.1) is 11.3 Å². The van der Waals surface area contributed by atoms with Crippen LogP contribution in [0, 0.1) is 12.8 Å². The summed E-state index contributed by atoms with van der Waals surface area (Å²) in [6.45, 7) is 3.19. The monoisotopic (exact) mass is 396 g/mol. The van der Waals surface area contributed by atoms with E-state index >= 15 is 0 Å². The molecule has 1 fully saturated rings. The summed E-state index contributed by atoms with van der Waals surface area (Å²) < 4.78 is 5.74. The van der Waals surface area contributed by atoms with E-state index in [9.17, 15) is 9.90 Å². The van der Waals surface area contributed by atoms with E-state index in [2.05, 4.69) is 4.98 Å². The molecule has 146 valence electrons. The number of thiophene rings is 1. The van der Waals surface area contributed by atoms with E-state index in [0.29, 0.717) is 30.4 Å². The predicted molar refractivity (Wildman–Crippen MR) is 109 cm³/mol. The molecular formula is C22H24N2O3S. The van der Waals surface area contributed by atoms with E-state index in [1.54, 1.807) is 11.3 Å². The molecule has 2 aromatic heterocycles. The first-order valence-corrected chi connectivity index (χ1v) is 10.5. The second-order valence-corrected chi connectivity index (χ2v) is 8.20. The lowest BCUT2D eigenvalue weighted by molar-refractivity contribution is -0.132. The molecule has 0 unspecified atom stereocenters. The molecular weight excluding hydrogens is 372 g/mol. The molecule has 0 aliphatic carbocycles. The van der Waals surface area contributed by atoms with Crippen molar-refractivity contribution < 1.29 is 14.3 Å². The second kappa shape index (κ2) is 8.29. The van der Waals surface area contributed by atoms with Gasteiger partial charge in [0, 0.05) is 13.1 Å². The Hall–Kier alpha value is -2.44. The molecule has 1 aromatic carbocycles. The number of aromatic nitrogens is 1. The molecule has 6 heteroatoms. The van der Waals surface area contributed by atoms with E-state index in [0.717, 1.165) is 23.3 Å². The van der Waals surface area contributed by atoms with Crippen LogP contribution in [0.25, 0.3) is 10.8 Å². The molecule has 3 aromatic rings. The van der Waals surface area contributed by atoms with Crippen LogP contribution in [0.5, 0.6) is 0 Å². The van der Waals surface area contributed by atoms with Gasteiger partial charge in [0.1, 0.15) is 5.76 Å². The fraction of sp³-hybridized carbons (Fsp3) is 0.364. The van der Waals surface area contributed by atoms with Gasteiger partial charge in [-0.05, 0) is 42.7 Å². The van der Waals surface area contributed by atoms with E-state index in [1.807, 2.05) is 59.7 Å². The number of hydrogen-bond acceptors (Lipinski definition) is 5. The van der Waals surface area contributed by atoms with Gasteiger partial charge < -0.3 is 14.4 Å². The van der Waals surface area contributed by atoms with Gasteiger partial charge in [-0.25, -0.2) is 4.98 Å². The molecule has 0 bridgehead atoms. The van der Waals surface area contributed by atoms with Gasteiger partial charge in [-0.3, -0.25) is 4.79 Å². The van der Waals surface area contributed by atoms with Crippen LogP contribution in [0.15, 0.2) is 52.3 Å². The molecule has 1 N–H and O–H groups in total. The van der Waals surface area contributed by atoms with Gasteiger partial charge in [0.25, 0.3) is 0 Å². The highest BCUT2D eigenvalue weighted by molar-refractivity contribution is 7.13. The summed E-state index contributed by atoms with van der Waals surface area (Å²) in [5, 5.41) is 12.6. The molecule has 0 radical (unpaired) electrons. The molecule has 28 heavy (non-hydrogen) atoms. The smallest absolute Gasteiger partial charge is 0.236 e. The third-order valence-corrected chi connectivity index (χ3v) is 6.28. The maximum atomic E-state index is 12.7. The van der Waals surface area contributed by atoms with E-state index in [1.165, 1.54) is 0 Å². The second-order valence-electron chi connectivity index (χ2n) is 7.25. The number of benzene rings is 1. The number of likely N-dealkylation sites (tertiary alicyclic amines) is 1. The van der Waals surface area contributed by atoms with Gasteiger partial charge in [-0.2, -0.15) is 0 Å². The van der Waals surface area contributed by atoms with Crippen molar-refractivity contribution in [2.24, 2.45) is 5.92 Å². The summed E-state index contributed by atoms with van der Waals surface area (Å²) in [6.07, 6.45) is 1.40. The first-order valence-electron chi connectivity index (χ1n) is 9.63. The zero-order valence-electron chi connectivity index (χ0n) is 15.9. The zero-order chi connectivity index (χ0) is 19.5. The minimum absolute atomic E-state index is 0.0711. The molecule has 0 saturated carbocycles. The SMILES string of the molecule is Cc1oc(-c2cccs2)nc1CC(=O)N1CCC([C@@H](O)c2ccccc2)CC1. The number of amides is 1. The largest absolute Gasteiger partial charge is 0.440 e. The molecule has 3 heterocycles. The molecule has 1 amide bonds. The Morgan fingerprint density at radius 2 is 2.00 bits per heavy atom. The topological polar surface area (TPSA) is 66.6 Å². The number of piperidine rings is 1. The van der Waals surface area contributed by atoms with Crippen LogP contribution < -0.4 is 0 Å². The third-order valence-electron chi connectivity index (χ3n) is 5.42. The van der Waals surface area contributed by atoms with Crippen LogP contribution in [0.1, 0.15) is 36.0 Å². The van der Waals surface area contributed by atoms with Crippen molar-refractivity contribution in [2.75, 3.05) is 13.1 Å². The van der Waals surface area contributed by atoms with Gasteiger partial charge in [0.15, 0.2) is 0 Å². The molecule has 5 nitrogen and oxygen atoms in total. The number of hydrogen-bond donors (Lipinski definition) is 1. The van der Waals surface area contributed by atoms with Crippen molar-refractivity contribution in [3.05, 3.63) is 64.9 Å². The predicted octanol–water partition coefficient (Wildman–Crippen LogP) is 4.23. The Bertz CT molecular complexity index is 913. The van der Waals surface area contributed by atoms with Crippen molar-refractivity contribution in [2.45, 2.75) is 32.3 Å². The third kappa shape index (κ3) is 4.03. The van der Waals surface area contributed by atoms with Crippen LogP contribution in [0.4, 0.5) is 0 Å². The lowest BCUT2D eigenvalue weighted by atomic mass is 9.87. The number of nitrogens with zero attached hydrogens (tertiary/aromatic N) is 2. The number of aryl methyl sites for hydroxylation is 1. The molecule has 1 saturated heterocycles. The molecule has 4 rings (SSSR count). The minimum atomic E-state index is -0.468. The maximum absolute atomic E-state index is 12.7. The Morgan fingerprint density at radius 1 is 1.25 bits per heavy atom. The average Bonchev–Trinajstić information content (AvgIpc) is 3.38. The number of oxazole rings is 1. The number of rotatable bonds is 5. The highest BCUT2D eigenvalue weighted by atomic mass is 32.1. The lowest BCUT2D eigenvalue weighted by Crippen LogP contribution is -2.40. The standard InChI is InChI=1S/C22H24N2O3S/c1-15-18(23-22(27-15)19-8-5-13-28-19)14-20(25)24-11-9-17(10-12-24)21(26)16-6-3-2-4-7-16/h2-8,13,17,21,26H,9-12,14H2,1H3/t21-/m0/s1. The first-order chi connectivity index (χ1) is 13.6. The minimum Gasteiger partial charge on any atom is -0.440 e. The van der Waals surface area contributed by atoms with E-state index in [4.69, 9.17) is 4.42 Å². The van der Waals surface area contributed by atoms with Gasteiger partial charge in [0.2, 0.25) is 11.8 Å². The van der Waals surface area contributed by atoms with Crippen LogP contribution in [-0.2, 0) is 11.2 Å². The molecule has 1 aliphatic rings. The van der Waals surface area contributed by atoms with Crippen LogP contribution >= 0.6 is 11.3 Å². The van der Waals surface area contributed by atoms with Crippen molar-refractivity contribution >= 4 is 17.2 Å². The lowest BCUT2D eigenvalue weighted by Gasteiger charge is -2.34. The van der Waals surface area contributed by atoms with E-state index < -0.39 is 6.10 Å². The Morgan fingerprint density at radius 3 is 2.68 bits per heavy atom. The summed E-state index contributed by atoms with van der Waals surface area (Å²) in [6, 6.07) is 13.7. The summed E-state index contributed by atoms with van der Waals surface area (Å²) in [5.74, 6) is 1.54. The fourth-order valence-corrected chi connectivity index (χ4v) is 4.39. The Kier molecular flexibility index (Phi) is 5.59. The summed E-state index contributed by atoms with van der Waals surface area (Å²) >= 11 is 1.57. The molecule has 1 atom stereocenters. The van der Waals surface area contributed by atoms with Gasteiger partial charge >= 0.3 is 0 Å². The van der Waals surface area contributed by atoms with Crippen molar-refractivity contribution in [3.63, 3.8) is 0 Å². The van der Waals surface area contributed by atoms with Crippen molar-refractivity contribution in [1.29, 1.82) is 0 Å². The number of carbonyl (C=O) groups excluding carboxylic acids is 1. The normalized spacial score (nSPS) is 16.3. The van der Waals surface area contributed by atoms with Gasteiger partial charge in [-0.1, -0.05) is 36.4 Å². The maximum Gasteiger partial charge on any atom is 0.236 e. The summed E-state index contributed by atoms with van der Waals surface area (Å²) in [5.41, 5.74) is 1.66. The summed E-state index contributed by atoms with van der Waals surface area (Å²) in [7, 11) is 0. The van der Waals surface area contributed by atoms with E-state index in [-0.39, 0.29) is 18.2 Å². The average molecular weight is 397 g/mol. The number of aliphatic hydroxyl groups excluding tert-OH is 1. The molecule has 1 aliphatic heterocycles. The van der Waals surface area contributed by atoms with Crippen LogP contribution in [0.3, 0.4) is 0 Å². The molecule has 0 spiro atoms.